The van der Waals surface area contributed by atoms with Crippen molar-refractivity contribution in [3.63, 3.8) is 0 Å². The number of fused-ring (bicyclic) bond motifs is 1. The van der Waals surface area contributed by atoms with Gasteiger partial charge >= 0.3 is 7.82 Å². The predicted octanol–water partition coefficient (Wildman–Crippen LogP) is 9.59. The normalized spacial score (nSPS) is 18.9. The molecule has 1 aliphatic heterocycles. The highest BCUT2D eigenvalue weighted by molar-refractivity contribution is 7.47. The molecule has 0 saturated carbocycles. The van der Waals surface area contributed by atoms with E-state index in [1.165, 1.54) is 102 Å². The number of unbranched alkanes of at least 4 members (excludes halogenated alkanes) is 16. The Kier molecular flexibility index (Phi) is 18.8. The summed E-state index contributed by atoms with van der Waals surface area (Å²) in [7, 11) is -4.55. The van der Waals surface area contributed by atoms with Crippen molar-refractivity contribution in [3.8, 4) is 6.07 Å². The largest absolute Gasteiger partial charge is 0.472 e. The second-order valence-electron chi connectivity index (χ2n) is 14.8. The van der Waals surface area contributed by atoms with Crippen LogP contribution in [0.25, 0.3) is 5.52 Å². The number of ether oxygens (including phenoxy) is 2. The van der Waals surface area contributed by atoms with Gasteiger partial charge in [0.2, 0.25) is 0 Å². The molecule has 5 N–H and O–H groups in total. The summed E-state index contributed by atoms with van der Waals surface area (Å²) in [6.07, 6.45) is 23.4. The first kappa shape index (κ1) is 43.8. The second kappa shape index (κ2) is 23.2. The Labute approximate surface area is 320 Å². The number of hydrogen-bond donors (Lipinski definition) is 3. The van der Waals surface area contributed by atoms with Crippen LogP contribution < -0.4 is 11.5 Å². The Morgan fingerprint density at radius 2 is 1.63 bits per heavy atom. The molecule has 300 valence electrons. The number of halogens is 1. The molecule has 1 saturated heterocycles. The van der Waals surface area contributed by atoms with Gasteiger partial charge in [-0.3, -0.25) is 9.05 Å². The van der Waals surface area contributed by atoms with Crippen LogP contribution in [0.5, 0.6) is 0 Å². The van der Waals surface area contributed by atoms with Crippen molar-refractivity contribution in [1.29, 1.82) is 5.26 Å². The number of hydrogen-bond acceptors (Lipinski definition) is 10. The molecule has 1 fully saturated rings. The number of phosphoric ester groups is 1. The molecule has 0 spiro atoms. The van der Waals surface area contributed by atoms with Crippen molar-refractivity contribution >= 4 is 19.2 Å². The van der Waals surface area contributed by atoms with E-state index in [4.69, 9.17) is 30.0 Å². The molecule has 3 aromatic rings. The van der Waals surface area contributed by atoms with E-state index in [2.05, 4.69) is 17.0 Å². The molecule has 2 aromatic heterocycles. The minimum absolute atomic E-state index is 0.0160. The lowest BCUT2D eigenvalue weighted by atomic mass is 10.0. The minimum atomic E-state index is -4.55. The molecule has 3 heterocycles. The average Bonchev–Trinajstić information content (AvgIpc) is 3.77. The van der Waals surface area contributed by atoms with Gasteiger partial charge < -0.3 is 25.8 Å². The third kappa shape index (κ3) is 15.3. The van der Waals surface area contributed by atoms with Gasteiger partial charge in [0.25, 0.3) is 0 Å². The van der Waals surface area contributed by atoms with Gasteiger partial charge in [0.1, 0.15) is 36.1 Å². The SMILES string of the molecule is CCCCCCCCCCCCCCCCCCC[C@H](COP(=O)(O)OC[C@]1(N)CC[C@H](c2ccc3c(N)ncnn23)O1)OCc1cc(F)cc(C#N)c1. The summed E-state index contributed by atoms with van der Waals surface area (Å²) in [6, 6.07) is 9.61. The maximum absolute atomic E-state index is 14.1. The Morgan fingerprint density at radius 1 is 1.00 bits per heavy atom. The summed E-state index contributed by atoms with van der Waals surface area (Å²) in [6.45, 7) is 1.69. The Hall–Kier alpha value is -2.95. The predicted molar refractivity (Wildman–Crippen MR) is 208 cm³/mol. The van der Waals surface area contributed by atoms with E-state index in [1.807, 2.05) is 12.1 Å². The third-order valence-electron chi connectivity index (χ3n) is 10.1. The number of nitrogen functional groups attached to an aromatic ring is 1. The summed E-state index contributed by atoms with van der Waals surface area (Å²) in [5.41, 5.74) is 13.1. The third-order valence-corrected chi connectivity index (χ3v) is 11.1. The molecule has 54 heavy (non-hydrogen) atoms. The van der Waals surface area contributed by atoms with Gasteiger partial charge in [-0.2, -0.15) is 10.4 Å². The van der Waals surface area contributed by atoms with E-state index < -0.39 is 31.6 Å². The first-order valence-electron chi connectivity index (χ1n) is 20.1. The zero-order valence-electron chi connectivity index (χ0n) is 32.1. The van der Waals surface area contributed by atoms with E-state index >= 15 is 0 Å². The van der Waals surface area contributed by atoms with E-state index in [9.17, 15) is 19.1 Å². The molecule has 1 aliphatic rings. The van der Waals surface area contributed by atoms with Crippen LogP contribution >= 0.6 is 7.82 Å². The van der Waals surface area contributed by atoms with Crippen LogP contribution in [0.4, 0.5) is 10.2 Å². The number of nitriles is 1. The molecule has 14 heteroatoms. The first-order valence-corrected chi connectivity index (χ1v) is 21.6. The van der Waals surface area contributed by atoms with E-state index in [0.29, 0.717) is 36.2 Å². The van der Waals surface area contributed by atoms with Gasteiger partial charge in [-0.25, -0.2) is 18.5 Å². The van der Waals surface area contributed by atoms with Crippen molar-refractivity contribution in [3.05, 3.63) is 59.3 Å². The van der Waals surface area contributed by atoms with Gasteiger partial charge in [0.15, 0.2) is 5.82 Å². The van der Waals surface area contributed by atoms with Crippen LogP contribution in [0.3, 0.4) is 0 Å². The van der Waals surface area contributed by atoms with Crippen LogP contribution in [0.2, 0.25) is 0 Å². The number of nitrogens with zero attached hydrogens (tertiary/aromatic N) is 4. The quantitative estimate of drug-likeness (QED) is 0.0472. The molecular formula is C40H62FN6O6P. The highest BCUT2D eigenvalue weighted by Crippen LogP contribution is 2.46. The number of rotatable bonds is 28. The van der Waals surface area contributed by atoms with Crippen molar-refractivity contribution < 1.29 is 32.4 Å². The van der Waals surface area contributed by atoms with Crippen LogP contribution in [-0.2, 0) is 29.7 Å². The van der Waals surface area contributed by atoms with Crippen molar-refractivity contribution in [1.82, 2.24) is 14.6 Å². The number of nitrogens with two attached hydrogens (primary N) is 2. The molecule has 0 amide bonds. The smallest absolute Gasteiger partial charge is 0.382 e. The fourth-order valence-electron chi connectivity index (χ4n) is 7.04. The zero-order valence-corrected chi connectivity index (χ0v) is 33.0. The summed E-state index contributed by atoms with van der Waals surface area (Å²) in [5.74, 6) is -0.193. The average molecular weight is 773 g/mol. The molecule has 0 radical (unpaired) electrons. The lowest BCUT2D eigenvalue weighted by Crippen LogP contribution is -2.43. The molecule has 4 atom stereocenters. The Morgan fingerprint density at radius 3 is 2.26 bits per heavy atom. The number of anilines is 1. The topological polar surface area (TPSA) is 180 Å². The van der Waals surface area contributed by atoms with Crippen molar-refractivity contribution in [2.45, 2.75) is 160 Å². The summed E-state index contributed by atoms with van der Waals surface area (Å²) < 4.78 is 51.6. The highest BCUT2D eigenvalue weighted by atomic mass is 31.2. The highest BCUT2D eigenvalue weighted by Gasteiger charge is 2.41. The van der Waals surface area contributed by atoms with E-state index in [0.717, 1.165) is 31.0 Å². The second-order valence-corrected chi connectivity index (χ2v) is 16.2. The fraction of sp³-hybridized carbons (Fsp3) is 0.675. The molecule has 0 bridgehead atoms. The maximum atomic E-state index is 14.1. The molecule has 1 unspecified atom stereocenters. The number of phosphoric acid groups is 1. The van der Waals surface area contributed by atoms with Gasteiger partial charge in [0, 0.05) is 0 Å². The summed E-state index contributed by atoms with van der Waals surface area (Å²) >= 11 is 0. The summed E-state index contributed by atoms with van der Waals surface area (Å²) in [4.78, 5) is 14.6. The lowest BCUT2D eigenvalue weighted by molar-refractivity contribution is -0.0739. The van der Waals surface area contributed by atoms with Crippen molar-refractivity contribution in [2.75, 3.05) is 18.9 Å². The Bertz CT molecular complexity index is 1640. The zero-order chi connectivity index (χ0) is 38.7. The lowest BCUT2D eigenvalue weighted by Gasteiger charge is -2.26. The van der Waals surface area contributed by atoms with Gasteiger partial charge in [-0.1, -0.05) is 116 Å². The van der Waals surface area contributed by atoms with Gasteiger partial charge in [0.05, 0.1) is 36.6 Å². The van der Waals surface area contributed by atoms with Crippen LogP contribution in [0, 0.1) is 17.1 Å². The van der Waals surface area contributed by atoms with E-state index in [1.54, 1.807) is 16.6 Å². The summed E-state index contributed by atoms with van der Waals surface area (Å²) in [5, 5.41) is 13.5. The molecular weight excluding hydrogens is 710 g/mol. The number of aromatic nitrogens is 3. The number of benzene rings is 1. The standard InChI is InChI=1S/C40H62FN6O6P/c1-2-3-4-5-6-7-8-9-10-11-12-13-14-15-16-17-18-19-35(50-28-33-24-32(27-42)25-34(41)26-33)29-51-54(48,49)52-30-40(44)23-22-38(53-40)36-20-21-37-39(43)45-31-46-47(36)37/h20-21,24-26,31,35,38H,2-19,22-23,28-30,44H2,1H3,(H,48,49)(H2,43,45,46)/t35-,38-,40+/m1/s1. The minimum Gasteiger partial charge on any atom is -0.382 e. The van der Waals surface area contributed by atoms with Gasteiger partial charge in [-0.15, -0.1) is 0 Å². The molecule has 0 aliphatic carbocycles. The van der Waals surface area contributed by atoms with Crippen molar-refractivity contribution in [2.24, 2.45) is 5.73 Å². The monoisotopic (exact) mass is 772 g/mol. The Balaban J connectivity index is 1.16. The molecule has 12 nitrogen and oxygen atoms in total. The van der Waals surface area contributed by atoms with Crippen LogP contribution in [0.15, 0.2) is 36.7 Å². The fourth-order valence-corrected chi connectivity index (χ4v) is 7.85. The first-order chi connectivity index (χ1) is 26.1. The maximum Gasteiger partial charge on any atom is 0.472 e. The van der Waals surface area contributed by atoms with Gasteiger partial charge in [-0.05, 0) is 55.2 Å². The van der Waals surface area contributed by atoms with E-state index in [-0.39, 0.29) is 25.4 Å². The molecule has 1 aromatic carbocycles. The van der Waals surface area contributed by atoms with Crippen LogP contribution in [0.1, 0.15) is 158 Å². The molecule has 4 rings (SSSR count). The van der Waals surface area contributed by atoms with Crippen LogP contribution in [-0.4, -0.2) is 44.5 Å².